The van der Waals surface area contributed by atoms with E-state index in [4.69, 9.17) is 0 Å². The monoisotopic (exact) mass is 204 g/mol. The summed E-state index contributed by atoms with van der Waals surface area (Å²) in [7, 11) is 0. The van der Waals surface area contributed by atoms with Crippen molar-refractivity contribution < 1.29 is 0 Å². The highest BCUT2D eigenvalue weighted by atomic mass is 32.2. The second kappa shape index (κ2) is 6.17. The minimum Gasteiger partial charge on any atom is -0.240 e. The smallest absolute Gasteiger partial charge is 0.0256 e. The zero-order valence-corrected chi connectivity index (χ0v) is 9.59. The first-order valence-corrected chi connectivity index (χ1v) is 6.91. The van der Waals surface area contributed by atoms with Gasteiger partial charge in [0.2, 0.25) is 0 Å². The standard InChI is InChI=1S/C9H18NS2/c1-3-11-7-8-5-10-6-9(8)12-4-2/h8-9H,3-7H2,1-2H3. The molecule has 1 heterocycles. The van der Waals surface area contributed by atoms with Gasteiger partial charge in [0, 0.05) is 18.3 Å². The molecule has 0 aromatic carbocycles. The Bertz CT molecular complexity index is 119. The highest BCUT2D eigenvalue weighted by Crippen LogP contribution is 2.26. The van der Waals surface area contributed by atoms with Gasteiger partial charge in [-0.25, -0.2) is 5.32 Å². The maximum Gasteiger partial charge on any atom is 0.0256 e. The Balaban J connectivity index is 2.20. The van der Waals surface area contributed by atoms with Crippen molar-refractivity contribution in [2.75, 3.05) is 30.3 Å². The first-order valence-electron chi connectivity index (χ1n) is 4.71. The molecule has 1 radical (unpaired) electrons. The van der Waals surface area contributed by atoms with Crippen LogP contribution in [0.4, 0.5) is 0 Å². The van der Waals surface area contributed by atoms with Crippen LogP contribution in [-0.2, 0) is 0 Å². The van der Waals surface area contributed by atoms with Crippen LogP contribution in [0.3, 0.4) is 0 Å². The van der Waals surface area contributed by atoms with E-state index in [0.717, 1.165) is 24.3 Å². The zero-order valence-electron chi connectivity index (χ0n) is 7.95. The highest BCUT2D eigenvalue weighted by Gasteiger charge is 2.27. The number of hydrogen-bond acceptors (Lipinski definition) is 2. The van der Waals surface area contributed by atoms with E-state index in [1.807, 2.05) is 0 Å². The molecule has 1 aliphatic heterocycles. The molecular formula is C9H18NS2. The van der Waals surface area contributed by atoms with E-state index in [9.17, 15) is 0 Å². The molecule has 1 fully saturated rings. The lowest BCUT2D eigenvalue weighted by Crippen LogP contribution is -2.17. The number of nitrogens with zero attached hydrogens (tertiary/aromatic N) is 1. The fourth-order valence-corrected chi connectivity index (χ4v) is 3.56. The molecule has 12 heavy (non-hydrogen) atoms. The van der Waals surface area contributed by atoms with Gasteiger partial charge < -0.3 is 0 Å². The molecule has 0 aromatic rings. The van der Waals surface area contributed by atoms with Crippen LogP contribution in [0, 0.1) is 5.92 Å². The van der Waals surface area contributed by atoms with Crippen molar-refractivity contribution in [2.45, 2.75) is 19.1 Å². The molecule has 2 unspecified atom stereocenters. The SMILES string of the molecule is CCSCC1C[N]CC1SCC. The zero-order chi connectivity index (χ0) is 8.81. The third-order valence-corrected chi connectivity index (χ3v) is 4.48. The van der Waals surface area contributed by atoms with Crippen LogP contribution < -0.4 is 5.32 Å². The lowest BCUT2D eigenvalue weighted by atomic mass is 10.1. The molecule has 0 aliphatic carbocycles. The molecule has 3 heteroatoms. The van der Waals surface area contributed by atoms with Crippen LogP contribution in [0.25, 0.3) is 0 Å². The van der Waals surface area contributed by atoms with Crippen LogP contribution >= 0.6 is 23.5 Å². The summed E-state index contributed by atoms with van der Waals surface area (Å²) in [6.45, 7) is 6.70. The quantitative estimate of drug-likeness (QED) is 0.681. The van der Waals surface area contributed by atoms with Crippen molar-refractivity contribution in [2.24, 2.45) is 5.92 Å². The summed E-state index contributed by atoms with van der Waals surface area (Å²) in [6, 6.07) is 0. The van der Waals surface area contributed by atoms with Crippen LogP contribution in [0.1, 0.15) is 13.8 Å². The summed E-state index contributed by atoms with van der Waals surface area (Å²) in [5.74, 6) is 4.67. The van der Waals surface area contributed by atoms with E-state index in [0.29, 0.717) is 0 Å². The highest BCUT2D eigenvalue weighted by molar-refractivity contribution is 8.00. The third kappa shape index (κ3) is 3.19. The van der Waals surface area contributed by atoms with E-state index in [-0.39, 0.29) is 0 Å². The first-order chi connectivity index (χ1) is 5.88. The molecule has 0 N–H and O–H groups in total. The summed E-state index contributed by atoms with van der Waals surface area (Å²) in [4.78, 5) is 0. The Morgan fingerprint density at radius 2 is 2.08 bits per heavy atom. The number of rotatable bonds is 5. The largest absolute Gasteiger partial charge is 0.240 e. The van der Waals surface area contributed by atoms with E-state index in [1.165, 1.54) is 17.3 Å². The van der Waals surface area contributed by atoms with E-state index in [1.54, 1.807) is 0 Å². The molecule has 0 aromatic heterocycles. The van der Waals surface area contributed by atoms with E-state index >= 15 is 0 Å². The molecule has 1 rings (SSSR count). The second-order valence-electron chi connectivity index (χ2n) is 3.00. The lowest BCUT2D eigenvalue weighted by Gasteiger charge is -2.15. The summed E-state index contributed by atoms with van der Waals surface area (Å²) in [6.07, 6.45) is 0. The fourth-order valence-electron chi connectivity index (χ4n) is 1.47. The van der Waals surface area contributed by atoms with Gasteiger partial charge in [-0.3, -0.25) is 0 Å². The number of thioether (sulfide) groups is 2. The average molecular weight is 204 g/mol. The van der Waals surface area contributed by atoms with Gasteiger partial charge >= 0.3 is 0 Å². The van der Waals surface area contributed by atoms with Gasteiger partial charge in [-0.05, 0) is 23.2 Å². The van der Waals surface area contributed by atoms with Crippen molar-refractivity contribution in [3.63, 3.8) is 0 Å². The predicted molar refractivity (Wildman–Crippen MR) is 60.3 cm³/mol. The minimum absolute atomic E-state index is 0.828. The van der Waals surface area contributed by atoms with Crippen LogP contribution in [0.15, 0.2) is 0 Å². The molecular weight excluding hydrogens is 186 g/mol. The Morgan fingerprint density at radius 3 is 2.75 bits per heavy atom. The van der Waals surface area contributed by atoms with Crippen molar-refractivity contribution in [1.82, 2.24) is 5.32 Å². The van der Waals surface area contributed by atoms with E-state index in [2.05, 4.69) is 42.7 Å². The van der Waals surface area contributed by atoms with Crippen molar-refractivity contribution in [1.29, 1.82) is 0 Å². The maximum atomic E-state index is 4.48. The van der Waals surface area contributed by atoms with Crippen LogP contribution in [0.5, 0.6) is 0 Å². The van der Waals surface area contributed by atoms with Crippen molar-refractivity contribution >= 4 is 23.5 Å². The maximum absolute atomic E-state index is 4.48. The van der Waals surface area contributed by atoms with Crippen molar-refractivity contribution in [3.05, 3.63) is 0 Å². The lowest BCUT2D eigenvalue weighted by molar-refractivity contribution is 0.671. The normalized spacial score (nSPS) is 29.5. The second-order valence-corrected chi connectivity index (χ2v) is 5.84. The molecule has 0 amide bonds. The molecule has 0 saturated carbocycles. The fraction of sp³-hybridized carbons (Fsp3) is 1.00. The van der Waals surface area contributed by atoms with Gasteiger partial charge in [0.05, 0.1) is 0 Å². The minimum atomic E-state index is 0.828. The Kier molecular flexibility index (Phi) is 5.52. The molecule has 1 aliphatic rings. The van der Waals surface area contributed by atoms with Gasteiger partial charge in [0.25, 0.3) is 0 Å². The summed E-state index contributed by atoms with van der Waals surface area (Å²) in [5, 5.41) is 5.31. The number of hydrogen-bond donors (Lipinski definition) is 0. The Morgan fingerprint density at radius 1 is 1.25 bits per heavy atom. The summed E-state index contributed by atoms with van der Waals surface area (Å²) in [5.41, 5.74) is 0. The van der Waals surface area contributed by atoms with Gasteiger partial charge in [0.15, 0.2) is 0 Å². The first kappa shape index (κ1) is 10.7. The van der Waals surface area contributed by atoms with Crippen molar-refractivity contribution in [3.8, 4) is 0 Å². The predicted octanol–water partition coefficient (Wildman–Crippen LogP) is 2.10. The van der Waals surface area contributed by atoms with Gasteiger partial charge in [-0.1, -0.05) is 13.8 Å². The molecule has 0 spiro atoms. The summed E-state index contributed by atoms with van der Waals surface area (Å²) < 4.78 is 0. The van der Waals surface area contributed by atoms with Gasteiger partial charge in [-0.15, -0.1) is 0 Å². The summed E-state index contributed by atoms with van der Waals surface area (Å²) >= 11 is 4.15. The third-order valence-electron chi connectivity index (χ3n) is 2.12. The average Bonchev–Trinajstić information content (AvgIpc) is 2.50. The van der Waals surface area contributed by atoms with E-state index < -0.39 is 0 Å². The molecule has 1 saturated heterocycles. The van der Waals surface area contributed by atoms with Gasteiger partial charge in [0.1, 0.15) is 0 Å². The van der Waals surface area contributed by atoms with Crippen LogP contribution in [0.2, 0.25) is 0 Å². The Labute approximate surface area is 84.4 Å². The van der Waals surface area contributed by atoms with Gasteiger partial charge in [-0.2, -0.15) is 23.5 Å². The molecule has 2 atom stereocenters. The molecule has 71 valence electrons. The molecule has 1 nitrogen and oxygen atoms in total. The van der Waals surface area contributed by atoms with Crippen LogP contribution in [-0.4, -0.2) is 35.6 Å². The molecule has 0 bridgehead atoms. The topological polar surface area (TPSA) is 14.1 Å². The Hall–Kier alpha value is 0.660.